The van der Waals surface area contributed by atoms with Crippen LogP contribution >= 0.6 is 22.9 Å². The maximum Gasteiger partial charge on any atom is 0.455 e. The van der Waals surface area contributed by atoms with E-state index in [-0.39, 0.29) is 4.88 Å². The molecule has 80 valence electrons. The molecule has 0 spiro atoms. The van der Waals surface area contributed by atoms with Gasteiger partial charge in [-0.2, -0.15) is 22.0 Å². The Labute approximate surface area is 85.3 Å². The van der Waals surface area contributed by atoms with Crippen LogP contribution in [0.1, 0.15) is 10.3 Å². The Bertz CT molecular complexity index is 292. The second-order valence-electron chi connectivity index (χ2n) is 2.50. The maximum absolute atomic E-state index is 12.6. The molecule has 0 bridgehead atoms. The molecule has 0 radical (unpaired) electrons. The van der Waals surface area contributed by atoms with Gasteiger partial charge in [0.1, 0.15) is 5.38 Å². The zero-order valence-corrected chi connectivity index (χ0v) is 8.06. The average Bonchev–Trinajstić information content (AvgIpc) is 2.52. The second-order valence-corrected chi connectivity index (χ2v) is 3.91. The van der Waals surface area contributed by atoms with Crippen LogP contribution in [-0.4, -0.2) is 12.1 Å². The number of rotatable bonds is 2. The fourth-order valence-electron chi connectivity index (χ4n) is 0.758. The molecule has 1 aromatic heterocycles. The zero-order chi connectivity index (χ0) is 11.0. The van der Waals surface area contributed by atoms with Crippen molar-refractivity contribution in [2.24, 2.45) is 0 Å². The predicted molar refractivity (Wildman–Crippen MR) is 43.9 cm³/mol. The first kappa shape index (κ1) is 11.7. The molecule has 0 saturated carbocycles. The quantitative estimate of drug-likeness (QED) is 0.544. The Balaban J connectivity index is 2.94. The summed E-state index contributed by atoms with van der Waals surface area (Å²) < 4.78 is 60.8. The number of alkyl halides is 6. The molecule has 1 unspecified atom stereocenters. The van der Waals surface area contributed by atoms with Crippen molar-refractivity contribution in [2.45, 2.75) is 17.5 Å². The van der Waals surface area contributed by atoms with Gasteiger partial charge >= 0.3 is 12.1 Å². The first-order valence-electron chi connectivity index (χ1n) is 3.39. The summed E-state index contributed by atoms with van der Waals surface area (Å²) in [4.78, 5) is -0.200. The van der Waals surface area contributed by atoms with Crippen LogP contribution in [-0.2, 0) is 0 Å². The van der Waals surface area contributed by atoms with Crippen LogP contribution in [0.4, 0.5) is 22.0 Å². The third kappa shape index (κ3) is 2.00. The van der Waals surface area contributed by atoms with Crippen LogP contribution in [0.3, 0.4) is 0 Å². The molecule has 0 aromatic carbocycles. The van der Waals surface area contributed by atoms with Gasteiger partial charge in [-0.25, -0.2) is 0 Å². The van der Waals surface area contributed by atoms with Crippen molar-refractivity contribution in [3.8, 4) is 0 Å². The number of hydrogen-bond acceptors (Lipinski definition) is 1. The van der Waals surface area contributed by atoms with Gasteiger partial charge in [0.15, 0.2) is 0 Å². The normalized spacial score (nSPS) is 15.6. The molecule has 0 aliphatic rings. The van der Waals surface area contributed by atoms with E-state index >= 15 is 0 Å². The number of hydrogen-bond donors (Lipinski definition) is 0. The summed E-state index contributed by atoms with van der Waals surface area (Å²) in [5.74, 6) is -4.90. The van der Waals surface area contributed by atoms with Gasteiger partial charge in [0, 0.05) is 4.88 Å². The van der Waals surface area contributed by atoms with Crippen molar-refractivity contribution in [3.63, 3.8) is 0 Å². The van der Waals surface area contributed by atoms with Gasteiger partial charge in [-0.15, -0.1) is 22.9 Å². The van der Waals surface area contributed by atoms with Crippen molar-refractivity contribution in [1.29, 1.82) is 0 Å². The molecule has 1 heterocycles. The Morgan fingerprint density at radius 1 is 1.21 bits per heavy atom. The fraction of sp³-hybridized carbons (Fsp3) is 0.429. The molecule has 7 heteroatoms. The van der Waals surface area contributed by atoms with Crippen molar-refractivity contribution in [1.82, 2.24) is 0 Å². The SMILES string of the molecule is FC(F)(F)C(F)(F)C(Cl)c1cccs1. The Morgan fingerprint density at radius 3 is 2.14 bits per heavy atom. The van der Waals surface area contributed by atoms with Crippen LogP contribution in [0.15, 0.2) is 17.5 Å². The van der Waals surface area contributed by atoms with Gasteiger partial charge in [-0.05, 0) is 11.4 Å². The highest BCUT2D eigenvalue weighted by molar-refractivity contribution is 7.10. The number of halogens is 6. The fourth-order valence-corrected chi connectivity index (χ4v) is 1.85. The van der Waals surface area contributed by atoms with Crippen LogP contribution in [0.25, 0.3) is 0 Å². The first-order valence-corrected chi connectivity index (χ1v) is 4.70. The maximum atomic E-state index is 12.6. The summed E-state index contributed by atoms with van der Waals surface area (Å²) in [6, 6.07) is 2.50. The third-order valence-corrected chi connectivity index (χ3v) is 3.06. The Morgan fingerprint density at radius 2 is 1.79 bits per heavy atom. The van der Waals surface area contributed by atoms with Crippen LogP contribution in [0.2, 0.25) is 0 Å². The second kappa shape index (κ2) is 3.66. The lowest BCUT2D eigenvalue weighted by Crippen LogP contribution is -2.39. The van der Waals surface area contributed by atoms with E-state index in [1.54, 1.807) is 0 Å². The highest BCUT2D eigenvalue weighted by Crippen LogP contribution is 2.48. The molecule has 0 amide bonds. The molecule has 0 N–H and O–H groups in total. The molecule has 1 aromatic rings. The first-order chi connectivity index (χ1) is 6.27. The molecule has 14 heavy (non-hydrogen) atoms. The van der Waals surface area contributed by atoms with Crippen LogP contribution in [0, 0.1) is 0 Å². The molecule has 0 nitrogen and oxygen atoms in total. The summed E-state index contributed by atoms with van der Waals surface area (Å²) >= 11 is 5.83. The predicted octanol–water partition coefficient (Wildman–Crippen LogP) is 4.23. The molecule has 0 aliphatic heterocycles. The van der Waals surface area contributed by atoms with Crippen LogP contribution < -0.4 is 0 Å². The highest BCUT2D eigenvalue weighted by atomic mass is 35.5. The lowest BCUT2D eigenvalue weighted by molar-refractivity contribution is -0.283. The van der Waals surface area contributed by atoms with E-state index in [0.717, 1.165) is 17.4 Å². The molecule has 0 saturated heterocycles. The Kier molecular flexibility index (Phi) is 3.06. The van der Waals surface area contributed by atoms with Crippen molar-refractivity contribution in [2.75, 3.05) is 0 Å². The standard InChI is InChI=1S/C7H4ClF5S/c8-5(4-2-1-3-14-4)6(9,10)7(11,12)13/h1-3,5H. The van der Waals surface area contributed by atoms with E-state index in [2.05, 4.69) is 0 Å². The summed E-state index contributed by atoms with van der Waals surface area (Å²) in [6.45, 7) is 0. The van der Waals surface area contributed by atoms with E-state index < -0.39 is 17.5 Å². The third-order valence-electron chi connectivity index (χ3n) is 1.49. The monoisotopic (exact) mass is 250 g/mol. The van der Waals surface area contributed by atoms with Crippen LogP contribution in [0.5, 0.6) is 0 Å². The van der Waals surface area contributed by atoms with Gasteiger partial charge in [0.2, 0.25) is 0 Å². The number of thiophene rings is 1. The summed E-state index contributed by atoms with van der Waals surface area (Å²) in [6.07, 6.45) is -5.62. The largest absolute Gasteiger partial charge is 0.455 e. The molecule has 0 fully saturated rings. The van der Waals surface area contributed by atoms with Crippen molar-refractivity contribution in [3.05, 3.63) is 22.4 Å². The lowest BCUT2D eigenvalue weighted by Gasteiger charge is -2.23. The van der Waals surface area contributed by atoms with E-state index in [4.69, 9.17) is 11.6 Å². The summed E-state index contributed by atoms with van der Waals surface area (Å²) in [5.41, 5.74) is 0. The van der Waals surface area contributed by atoms with Gasteiger partial charge in [0.05, 0.1) is 0 Å². The molecule has 0 aliphatic carbocycles. The minimum atomic E-state index is -5.62. The lowest BCUT2D eigenvalue weighted by atomic mass is 10.2. The van der Waals surface area contributed by atoms with Gasteiger partial charge in [-0.1, -0.05) is 6.07 Å². The van der Waals surface area contributed by atoms with Gasteiger partial charge in [-0.3, -0.25) is 0 Å². The smallest absolute Gasteiger partial charge is 0.194 e. The topological polar surface area (TPSA) is 0 Å². The minimum absolute atomic E-state index is 0.200. The molecule has 1 atom stereocenters. The van der Waals surface area contributed by atoms with Gasteiger partial charge < -0.3 is 0 Å². The summed E-state index contributed by atoms with van der Waals surface area (Å²) in [5, 5.41) is -0.973. The van der Waals surface area contributed by atoms with E-state index in [1.165, 1.54) is 11.4 Å². The molecular formula is C7H4ClF5S. The summed E-state index contributed by atoms with van der Waals surface area (Å²) in [7, 11) is 0. The Hall–Kier alpha value is -0.360. The van der Waals surface area contributed by atoms with Crippen molar-refractivity contribution < 1.29 is 22.0 Å². The zero-order valence-electron chi connectivity index (χ0n) is 6.49. The van der Waals surface area contributed by atoms with Crippen molar-refractivity contribution >= 4 is 22.9 Å². The average molecular weight is 251 g/mol. The van der Waals surface area contributed by atoms with Gasteiger partial charge in [0.25, 0.3) is 0 Å². The molecule has 1 rings (SSSR count). The minimum Gasteiger partial charge on any atom is -0.194 e. The molecular weight excluding hydrogens is 247 g/mol. The van der Waals surface area contributed by atoms with E-state index in [9.17, 15) is 22.0 Å². The van der Waals surface area contributed by atoms with E-state index in [1.807, 2.05) is 0 Å². The van der Waals surface area contributed by atoms with E-state index in [0.29, 0.717) is 0 Å². The highest BCUT2D eigenvalue weighted by Gasteiger charge is 2.62.